The van der Waals surface area contributed by atoms with Crippen molar-refractivity contribution in [1.82, 2.24) is 4.90 Å². The average molecular weight is 313 g/mol. The molecule has 0 radical (unpaired) electrons. The lowest BCUT2D eigenvalue weighted by Crippen LogP contribution is -2.45. The summed E-state index contributed by atoms with van der Waals surface area (Å²) >= 11 is 0. The Kier molecular flexibility index (Phi) is 4.43. The van der Waals surface area contributed by atoms with Gasteiger partial charge in [0.2, 0.25) is 0 Å². The molecule has 0 spiro atoms. The molecule has 1 aliphatic heterocycles. The maximum atomic E-state index is 10.7. The predicted octanol–water partition coefficient (Wildman–Crippen LogP) is 2.62. The van der Waals surface area contributed by atoms with Crippen LogP contribution >= 0.6 is 0 Å². The molecule has 120 valence electrons. The average Bonchev–Trinajstić information content (AvgIpc) is 2.57. The highest BCUT2D eigenvalue weighted by Crippen LogP contribution is 2.27. The number of para-hydroxylation sites is 2. The number of nitro benzene ring substituents is 1. The summed E-state index contributed by atoms with van der Waals surface area (Å²) in [6, 6.07) is 14.1. The zero-order chi connectivity index (χ0) is 16.2. The fourth-order valence-electron chi connectivity index (χ4n) is 2.86. The standard InChI is InChI=1S/C17H19N3O3/c21-17-4-2-1-3-16(17)19-11-9-18(10-12-19)13-14-5-7-15(8-6-14)20(22)23/h1-8,21H,9-13H2. The molecule has 0 amide bonds. The molecular formula is C17H19N3O3. The molecule has 0 aromatic heterocycles. The lowest BCUT2D eigenvalue weighted by Gasteiger charge is -2.36. The molecule has 6 heteroatoms. The third kappa shape index (κ3) is 3.60. The van der Waals surface area contributed by atoms with Crippen LogP contribution in [0.5, 0.6) is 5.75 Å². The van der Waals surface area contributed by atoms with Crippen LogP contribution in [0, 0.1) is 10.1 Å². The van der Waals surface area contributed by atoms with E-state index in [2.05, 4.69) is 9.80 Å². The van der Waals surface area contributed by atoms with Gasteiger partial charge in [-0.1, -0.05) is 24.3 Å². The van der Waals surface area contributed by atoms with Crippen LogP contribution in [0.4, 0.5) is 11.4 Å². The van der Waals surface area contributed by atoms with E-state index in [0.29, 0.717) is 5.75 Å². The first kappa shape index (κ1) is 15.3. The Labute approximate surface area is 134 Å². The molecule has 2 aromatic rings. The van der Waals surface area contributed by atoms with Crippen LogP contribution in [-0.4, -0.2) is 41.1 Å². The number of anilines is 1. The summed E-state index contributed by atoms with van der Waals surface area (Å²) in [6.45, 7) is 4.28. The van der Waals surface area contributed by atoms with Crippen molar-refractivity contribution in [2.45, 2.75) is 6.54 Å². The van der Waals surface area contributed by atoms with Gasteiger partial charge < -0.3 is 10.0 Å². The monoisotopic (exact) mass is 313 g/mol. The summed E-state index contributed by atoms with van der Waals surface area (Å²) in [6.07, 6.45) is 0. The van der Waals surface area contributed by atoms with E-state index in [1.807, 2.05) is 30.3 Å². The minimum absolute atomic E-state index is 0.123. The molecule has 0 bridgehead atoms. The van der Waals surface area contributed by atoms with Crippen molar-refractivity contribution < 1.29 is 10.0 Å². The molecular weight excluding hydrogens is 294 g/mol. The summed E-state index contributed by atoms with van der Waals surface area (Å²) in [5.74, 6) is 0.316. The number of piperazine rings is 1. The van der Waals surface area contributed by atoms with E-state index in [0.717, 1.165) is 44.0 Å². The van der Waals surface area contributed by atoms with Crippen molar-refractivity contribution in [2.24, 2.45) is 0 Å². The van der Waals surface area contributed by atoms with E-state index in [9.17, 15) is 15.2 Å². The Morgan fingerprint density at radius 2 is 1.65 bits per heavy atom. The Balaban J connectivity index is 1.57. The lowest BCUT2D eigenvalue weighted by molar-refractivity contribution is -0.384. The van der Waals surface area contributed by atoms with Gasteiger partial charge in [0.15, 0.2) is 0 Å². The van der Waals surface area contributed by atoms with Crippen LogP contribution in [0.2, 0.25) is 0 Å². The Morgan fingerprint density at radius 3 is 2.26 bits per heavy atom. The Morgan fingerprint density at radius 1 is 1.00 bits per heavy atom. The summed E-state index contributed by atoms with van der Waals surface area (Å²) < 4.78 is 0. The number of hydrogen-bond acceptors (Lipinski definition) is 5. The molecule has 0 unspecified atom stereocenters. The second-order valence-corrected chi connectivity index (χ2v) is 5.68. The van der Waals surface area contributed by atoms with Crippen LogP contribution in [0.3, 0.4) is 0 Å². The second-order valence-electron chi connectivity index (χ2n) is 5.68. The molecule has 0 atom stereocenters. The molecule has 1 N–H and O–H groups in total. The van der Waals surface area contributed by atoms with E-state index in [1.54, 1.807) is 18.2 Å². The van der Waals surface area contributed by atoms with Crippen molar-refractivity contribution in [2.75, 3.05) is 31.1 Å². The molecule has 3 rings (SSSR count). The molecule has 1 fully saturated rings. The van der Waals surface area contributed by atoms with E-state index >= 15 is 0 Å². The van der Waals surface area contributed by atoms with Gasteiger partial charge in [0.05, 0.1) is 10.6 Å². The van der Waals surface area contributed by atoms with E-state index in [-0.39, 0.29) is 10.6 Å². The minimum atomic E-state index is -0.380. The van der Waals surface area contributed by atoms with Crippen LogP contribution in [0.1, 0.15) is 5.56 Å². The smallest absolute Gasteiger partial charge is 0.269 e. The zero-order valence-corrected chi connectivity index (χ0v) is 12.8. The topological polar surface area (TPSA) is 69.9 Å². The van der Waals surface area contributed by atoms with Gasteiger partial charge in [-0.3, -0.25) is 15.0 Å². The van der Waals surface area contributed by atoms with Gasteiger partial charge in [0.1, 0.15) is 5.75 Å². The lowest BCUT2D eigenvalue weighted by atomic mass is 10.1. The summed E-state index contributed by atoms with van der Waals surface area (Å²) in [5.41, 5.74) is 2.08. The molecule has 2 aromatic carbocycles. The molecule has 23 heavy (non-hydrogen) atoms. The highest BCUT2D eigenvalue weighted by molar-refractivity contribution is 5.57. The molecule has 0 saturated carbocycles. The van der Waals surface area contributed by atoms with E-state index in [4.69, 9.17) is 0 Å². The van der Waals surface area contributed by atoms with Gasteiger partial charge in [-0.15, -0.1) is 0 Å². The van der Waals surface area contributed by atoms with Crippen molar-refractivity contribution in [3.63, 3.8) is 0 Å². The number of nitro groups is 1. The molecule has 0 aliphatic carbocycles. The van der Waals surface area contributed by atoms with Gasteiger partial charge in [-0.05, 0) is 17.7 Å². The Bertz CT molecular complexity index is 680. The normalized spacial score (nSPS) is 15.6. The van der Waals surface area contributed by atoms with Crippen molar-refractivity contribution >= 4 is 11.4 Å². The number of non-ortho nitro benzene ring substituents is 1. The quantitative estimate of drug-likeness (QED) is 0.694. The number of phenolic OH excluding ortho intramolecular Hbond substituents is 1. The maximum absolute atomic E-state index is 10.7. The largest absolute Gasteiger partial charge is 0.506 e. The first-order chi connectivity index (χ1) is 11.1. The van der Waals surface area contributed by atoms with Crippen LogP contribution < -0.4 is 4.90 Å². The third-order valence-electron chi connectivity index (χ3n) is 4.15. The van der Waals surface area contributed by atoms with Gasteiger partial charge in [-0.25, -0.2) is 0 Å². The Hall–Kier alpha value is -2.60. The van der Waals surface area contributed by atoms with Gasteiger partial charge >= 0.3 is 0 Å². The number of benzene rings is 2. The summed E-state index contributed by atoms with van der Waals surface area (Å²) in [5, 5.41) is 20.6. The van der Waals surface area contributed by atoms with Crippen molar-refractivity contribution in [3.8, 4) is 5.75 Å². The van der Waals surface area contributed by atoms with Crippen LogP contribution in [0.25, 0.3) is 0 Å². The molecule has 1 heterocycles. The number of phenols is 1. The van der Waals surface area contributed by atoms with Crippen LogP contribution in [0.15, 0.2) is 48.5 Å². The summed E-state index contributed by atoms with van der Waals surface area (Å²) in [4.78, 5) is 14.8. The van der Waals surface area contributed by atoms with Crippen LogP contribution in [-0.2, 0) is 6.54 Å². The zero-order valence-electron chi connectivity index (χ0n) is 12.8. The fourth-order valence-corrected chi connectivity index (χ4v) is 2.86. The highest BCUT2D eigenvalue weighted by Gasteiger charge is 2.19. The first-order valence-corrected chi connectivity index (χ1v) is 7.62. The maximum Gasteiger partial charge on any atom is 0.269 e. The number of rotatable bonds is 4. The summed E-state index contributed by atoms with van der Waals surface area (Å²) in [7, 11) is 0. The number of aromatic hydroxyl groups is 1. The minimum Gasteiger partial charge on any atom is -0.506 e. The second kappa shape index (κ2) is 6.66. The molecule has 6 nitrogen and oxygen atoms in total. The van der Waals surface area contributed by atoms with Crippen molar-refractivity contribution in [1.29, 1.82) is 0 Å². The van der Waals surface area contributed by atoms with E-state index < -0.39 is 0 Å². The first-order valence-electron chi connectivity index (χ1n) is 7.62. The predicted molar refractivity (Wildman–Crippen MR) is 88.7 cm³/mol. The van der Waals surface area contributed by atoms with Gasteiger partial charge in [0.25, 0.3) is 5.69 Å². The molecule has 1 saturated heterocycles. The number of hydrogen-bond donors (Lipinski definition) is 1. The fraction of sp³-hybridized carbons (Fsp3) is 0.294. The van der Waals surface area contributed by atoms with Gasteiger partial charge in [-0.2, -0.15) is 0 Å². The van der Waals surface area contributed by atoms with Crippen molar-refractivity contribution in [3.05, 3.63) is 64.2 Å². The number of nitrogens with zero attached hydrogens (tertiary/aromatic N) is 3. The van der Waals surface area contributed by atoms with Gasteiger partial charge in [0, 0.05) is 44.9 Å². The third-order valence-corrected chi connectivity index (χ3v) is 4.15. The highest BCUT2D eigenvalue weighted by atomic mass is 16.6. The SMILES string of the molecule is O=[N+]([O-])c1ccc(CN2CCN(c3ccccc3O)CC2)cc1. The molecule has 1 aliphatic rings. The van der Waals surface area contributed by atoms with E-state index in [1.165, 1.54) is 0 Å².